The molecule has 0 spiro atoms. The predicted molar refractivity (Wildman–Crippen MR) is 62.6 cm³/mol. The molecule has 1 aliphatic heterocycles. The first-order valence-electron chi connectivity index (χ1n) is 6.23. The fourth-order valence-corrected chi connectivity index (χ4v) is 2.01. The van der Waals surface area contributed by atoms with E-state index in [9.17, 15) is 0 Å². The van der Waals surface area contributed by atoms with Gasteiger partial charge in [0.1, 0.15) is 0 Å². The second-order valence-electron chi connectivity index (χ2n) is 4.89. The van der Waals surface area contributed by atoms with E-state index in [0.29, 0.717) is 0 Å². The van der Waals surface area contributed by atoms with E-state index < -0.39 is 0 Å². The summed E-state index contributed by atoms with van der Waals surface area (Å²) in [7, 11) is 0. The van der Waals surface area contributed by atoms with Crippen molar-refractivity contribution in [2.45, 2.75) is 52.0 Å². The minimum absolute atomic E-state index is 0.739. The Morgan fingerprint density at radius 1 is 1.36 bits per heavy atom. The molecule has 14 heavy (non-hydrogen) atoms. The molecule has 0 saturated carbocycles. The fraction of sp³-hybridized carbons (Fsp3) is 1.00. The number of hydrogen-bond acceptors (Lipinski definition) is 2. The lowest BCUT2D eigenvalue weighted by atomic mass is 10.1. The van der Waals surface area contributed by atoms with Crippen molar-refractivity contribution >= 4 is 0 Å². The van der Waals surface area contributed by atoms with Crippen molar-refractivity contribution in [1.82, 2.24) is 10.6 Å². The van der Waals surface area contributed by atoms with Gasteiger partial charge < -0.3 is 10.6 Å². The molecule has 1 fully saturated rings. The summed E-state index contributed by atoms with van der Waals surface area (Å²) >= 11 is 0. The average molecular weight is 198 g/mol. The van der Waals surface area contributed by atoms with Crippen LogP contribution in [0.2, 0.25) is 0 Å². The maximum Gasteiger partial charge on any atom is 0.0192 e. The molecule has 0 aliphatic carbocycles. The van der Waals surface area contributed by atoms with E-state index in [1.807, 2.05) is 0 Å². The van der Waals surface area contributed by atoms with E-state index in [1.54, 1.807) is 0 Å². The molecule has 1 heterocycles. The van der Waals surface area contributed by atoms with Crippen LogP contribution in [0.4, 0.5) is 0 Å². The molecular formula is C12H26N2. The molecular weight excluding hydrogens is 172 g/mol. The summed E-state index contributed by atoms with van der Waals surface area (Å²) in [6, 6.07) is 0.739. The number of piperidine rings is 1. The smallest absolute Gasteiger partial charge is 0.0192 e. The Balaban J connectivity index is 1.87. The molecule has 0 amide bonds. The van der Waals surface area contributed by atoms with Gasteiger partial charge in [-0.3, -0.25) is 0 Å². The molecule has 2 N–H and O–H groups in total. The summed E-state index contributed by atoms with van der Waals surface area (Å²) < 4.78 is 0. The molecule has 1 unspecified atom stereocenters. The van der Waals surface area contributed by atoms with Crippen molar-refractivity contribution in [2.24, 2.45) is 5.92 Å². The zero-order valence-electron chi connectivity index (χ0n) is 9.81. The van der Waals surface area contributed by atoms with Gasteiger partial charge in [0.15, 0.2) is 0 Å². The third kappa shape index (κ3) is 5.61. The van der Waals surface area contributed by atoms with Crippen LogP contribution in [0.15, 0.2) is 0 Å². The minimum atomic E-state index is 0.739. The highest BCUT2D eigenvalue weighted by Crippen LogP contribution is 2.06. The van der Waals surface area contributed by atoms with Crippen molar-refractivity contribution in [3.63, 3.8) is 0 Å². The monoisotopic (exact) mass is 198 g/mol. The fourth-order valence-electron chi connectivity index (χ4n) is 2.01. The van der Waals surface area contributed by atoms with Crippen LogP contribution in [0.25, 0.3) is 0 Å². The van der Waals surface area contributed by atoms with E-state index in [0.717, 1.165) is 12.0 Å². The van der Waals surface area contributed by atoms with Crippen LogP contribution in [0.5, 0.6) is 0 Å². The molecule has 1 rings (SSSR count). The second-order valence-corrected chi connectivity index (χ2v) is 4.89. The van der Waals surface area contributed by atoms with Crippen LogP contribution in [-0.4, -0.2) is 25.7 Å². The SMILES string of the molecule is CC(C)CCCCNC1CCCNC1. The van der Waals surface area contributed by atoms with Gasteiger partial charge >= 0.3 is 0 Å². The molecule has 0 radical (unpaired) electrons. The lowest BCUT2D eigenvalue weighted by Gasteiger charge is -2.23. The Hall–Kier alpha value is -0.0800. The Kier molecular flexibility index (Phi) is 6.20. The zero-order valence-corrected chi connectivity index (χ0v) is 9.81. The third-order valence-corrected chi connectivity index (χ3v) is 2.94. The topological polar surface area (TPSA) is 24.1 Å². The average Bonchev–Trinajstić information content (AvgIpc) is 2.18. The lowest BCUT2D eigenvalue weighted by molar-refractivity contribution is 0.383. The maximum atomic E-state index is 3.63. The van der Waals surface area contributed by atoms with E-state index >= 15 is 0 Å². The Bertz CT molecular complexity index is 128. The molecule has 0 aromatic carbocycles. The number of rotatable bonds is 6. The van der Waals surface area contributed by atoms with Crippen LogP contribution >= 0.6 is 0 Å². The van der Waals surface area contributed by atoms with Gasteiger partial charge in [-0.15, -0.1) is 0 Å². The van der Waals surface area contributed by atoms with Gasteiger partial charge in [-0.1, -0.05) is 26.7 Å². The lowest BCUT2D eigenvalue weighted by Crippen LogP contribution is -2.43. The molecule has 2 heteroatoms. The first-order valence-corrected chi connectivity index (χ1v) is 6.23. The highest BCUT2D eigenvalue weighted by Gasteiger charge is 2.10. The van der Waals surface area contributed by atoms with Crippen molar-refractivity contribution in [3.05, 3.63) is 0 Å². The Morgan fingerprint density at radius 3 is 2.86 bits per heavy atom. The van der Waals surface area contributed by atoms with Crippen LogP contribution in [0.1, 0.15) is 46.0 Å². The molecule has 0 aromatic heterocycles. The summed E-state index contributed by atoms with van der Waals surface area (Å²) in [5.41, 5.74) is 0. The number of hydrogen-bond donors (Lipinski definition) is 2. The van der Waals surface area contributed by atoms with Crippen molar-refractivity contribution in [3.8, 4) is 0 Å². The van der Waals surface area contributed by atoms with Gasteiger partial charge in [-0.25, -0.2) is 0 Å². The summed E-state index contributed by atoms with van der Waals surface area (Å²) in [5, 5.41) is 7.06. The summed E-state index contributed by atoms with van der Waals surface area (Å²) in [6.45, 7) is 8.20. The van der Waals surface area contributed by atoms with E-state index in [-0.39, 0.29) is 0 Å². The number of unbranched alkanes of at least 4 members (excludes halogenated alkanes) is 1. The summed E-state index contributed by atoms with van der Waals surface area (Å²) in [5.74, 6) is 0.867. The molecule has 0 aromatic rings. The van der Waals surface area contributed by atoms with Crippen LogP contribution in [-0.2, 0) is 0 Å². The molecule has 1 aliphatic rings. The first kappa shape index (κ1) is 12.0. The molecule has 2 nitrogen and oxygen atoms in total. The normalized spacial score (nSPS) is 22.9. The van der Waals surface area contributed by atoms with E-state index in [1.165, 1.54) is 51.7 Å². The van der Waals surface area contributed by atoms with Crippen LogP contribution < -0.4 is 10.6 Å². The quantitative estimate of drug-likeness (QED) is 0.639. The Labute approximate surface area is 88.8 Å². The standard InChI is InChI=1S/C12H26N2/c1-11(2)6-3-4-9-14-12-7-5-8-13-10-12/h11-14H,3-10H2,1-2H3. The largest absolute Gasteiger partial charge is 0.315 e. The van der Waals surface area contributed by atoms with Crippen molar-refractivity contribution < 1.29 is 0 Å². The minimum Gasteiger partial charge on any atom is -0.315 e. The van der Waals surface area contributed by atoms with Crippen LogP contribution in [0, 0.1) is 5.92 Å². The molecule has 1 atom stereocenters. The predicted octanol–water partition coefficient (Wildman–Crippen LogP) is 2.15. The van der Waals surface area contributed by atoms with Gasteiger partial charge in [0.25, 0.3) is 0 Å². The highest BCUT2D eigenvalue weighted by molar-refractivity contribution is 4.74. The molecule has 84 valence electrons. The van der Waals surface area contributed by atoms with Crippen molar-refractivity contribution in [2.75, 3.05) is 19.6 Å². The second kappa shape index (κ2) is 7.24. The van der Waals surface area contributed by atoms with Gasteiger partial charge in [0.05, 0.1) is 0 Å². The molecule has 1 saturated heterocycles. The highest BCUT2D eigenvalue weighted by atomic mass is 15.0. The van der Waals surface area contributed by atoms with E-state index in [4.69, 9.17) is 0 Å². The molecule has 0 bridgehead atoms. The van der Waals surface area contributed by atoms with Gasteiger partial charge in [-0.2, -0.15) is 0 Å². The Morgan fingerprint density at radius 2 is 2.21 bits per heavy atom. The summed E-state index contributed by atoms with van der Waals surface area (Å²) in [4.78, 5) is 0. The third-order valence-electron chi connectivity index (χ3n) is 2.94. The van der Waals surface area contributed by atoms with E-state index in [2.05, 4.69) is 24.5 Å². The maximum absolute atomic E-state index is 3.63. The zero-order chi connectivity index (χ0) is 10.2. The van der Waals surface area contributed by atoms with Gasteiger partial charge in [0.2, 0.25) is 0 Å². The first-order chi connectivity index (χ1) is 6.79. The number of nitrogens with one attached hydrogen (secondary N) is 2. The summed E-state index contributed by atoms with van der Waals surface area (Å²) in [6.07, 6.45) is 6.80. The van der Waals surface area contributed by atoms with Gasteiger partial charge in [-0.05, 0) is 38.3 Å². The van der Waals surface area contributed by atoms with Crippen molar-refractivity contribution in [1.29, 1.82) is 0 Å². The van der Waals surface area contributed by atoms with Gasteiger partial charge in [0, 0.05) is 12.6 Å². The van der Waals surface area contributed by atoms with Crippen LogP contribution in [0.3, 0.4) is 0 Å².